The Labute approximate surface area is 137 Å². The molecule has 0 radical (unpaired) electrons. The maximum atomic E-state index is 8.82. The van der Waals surface area contributed by atoms with Crippen molar-refractivity contribution in [3.8, 4) is 21.6 Å². The van der Waals surface area contributed by atoms with E-state index in [1.165, 1.54) is 37.0 Å². The Morgan fingerprint density at radius 2 is 1.68 bits per heavy atom. The summed E-state index contributed by atoms with van der Waals surface area (Å²) in [5.74, 6) is 0. The second-order valence-corrected chi connectivity index (χ2v) is 6.47. The van der Waals surface area contributed by atoms with Crippen LogP contribution in [-0.2, 0) is 0 Å². The molecule has 116 valence electrons. The van der Waals surface area contributed by atoms with E-state index in [1.54, 1.807) is 11.3 Å². The number of benzene rings is 1. The van der Waals surface area contributed by atoms with Gasteiger partial charge in [-0.3, -0.25) is 0 Å². The maximum absolute atomic E-state index is 8.82. The van der Waals surface area contributed by atoms with E-state index in [-0.39, 0.29) is 0 Å². The van der Waals surface area contributed by atoms with Crippen molar-refractivity contribution in [2.24, 2.45) is 0 Å². The van der Waals surface area contributed by atoms with Crippen LogP contribution >= 0.6 is 11.3 Å². The lowest BCUT2D eigenvalue weighted by molar-refractivity contribution is 0.313. The monoisotopic (exact) mass is 313 g/mol. The van der Waals surface area contributed by atoms with Crippen molar-refractivity contribution >= 4 is 11.3 Å². The lowest BCUT2D eigenvalue weighted by Gasteiger charge is -2.03. The molecule has 1 heterocycles. The lowest BCUT2D eigenvalue weighted by Crippen LogP contribution is -1.95. The molecule has 0 unspecified atom stereocenters. The van der Waals surface area contributed by atoms with Gasteiger partial charge in [-0.25, -0.2) is 0 Å². The third-order valence-corrected chi connectivity index (χ3v) is 4.67. The number of hydrogen-bond acceptors (Lipinski definition) is 3. The van der Waals surface area contributed by atoms with Gasteiger partial charge in [0.25, 0.3) is 0 Å². The Morgan fingerprint density at radius 1 is 0.955 bits per heavy atom. The number of nitrogens with zero attached hydrogens (tertiary/aromatic N) is 1. The maximum Gasteiger partial charge on any atom is 0.174 e. The lowest BCUT2D eigenvalue weighted by atomic mass is 10.1. The number of unbranched alkanes of at least 4 members (excludes halogenated alkanes) is 5. The molecule has 0 aliphatic heterocycles. The summed E-state index contributed by atoms with van der Waals surface area (Å²) in [6, 6.07) is 13.9. The van der Waals surface area contributed by atoms with Gasteiger partial charge in [0.1, 0.15) is 0 Å². The molecule has 2 aromatic rings. The van der Waals surface area contributed by atoms with Crippen molar-refractivity contribution in [1.29, 1.82) is 5.26 Å². The van der Waals surface area contributed by atoms with Crippen LogP contribution < -0.4 is 4.74 Å². The largest absolute Gasteiger partial charge is 0.484 e. The van der Waals surface area contributed by atoms with E-state index in [0.717, 1.165) is 23.7 Å². The predicted octanol–water partition coefficient (Wildman–Crippen LogP) is 6.03. The van der Waals surface area contributed by atoms with Gasteiger partial charge in [0.2, 0.25) is 0 Å². The van der Waals surface area contributed by atoms with Crippen LogP contribution in [0.15, 0.2) is 36.4 Å². The molecule has 2 nitrogen and oxygen atoms in total. The van der Waals surface area contributed by atoms with E-state index in [9.17, 15) is 0 Å². The van der Waals surface area contributed by atoms with Gasteiger partial charge in [-0.2, -0.15) is 5.26 Å². The summed E-state index contributed by atoms with van der Waals surface area (Å²) in [7, 11) is 0. The Bertz CT molecular complexity index is 595. The summed E-state index contributed by atoms with van der Waals surface area (Å²) in [4.78, 5) is 1.18. The van der Waals surface area contributed by atoms with Crippen LogP contribution in [0, 0.1) is 11.3 Å². The zero-order valence-electron chi connectivity index (χ0n) is 13.2. The second kappa shape index (κ2) is 9.27. The van der Waals surface area contributed by atoms with E-state index in [1.807, 2.05) is 30.3 Å². The molecule has 1 aromatic carbocycles. The van der Waals surface area contributed by atoms with Crippen LogP contribution in [0.3, 0.4) is 0 Å². The van der Waals surface area contributed by atoms with Gasteiger partial charge in [0, 0.05) is 4.88 Å². The summed E-state index contributed by atoms with van der Waals surface area (Å²) < 4.78 is 5.83. The first-order valence-electron chi connectivity index (χ1n) is 8.06. The summed E-state index contributed by atoms with van der Waals surface area (Å²) in [6.07, 6.45) is 7.70. The summed E-state index contributed by atoms with van der Waals surface area (Å²) in [5, 5.41) is 9.80. The van der Waals surface area contributed by atoms with Gasteiger partial charge in [-0.15, -0.1) is 0 Å². The van der Waals surface area contributed by atoms with E-state index in [2.05, 4.69) is 19.1 Å². The molecule has 0 aliphatic rings. The highest BCUT2D eigenvalue weighted by molar-refractivity contribution is 7.17. The van der Waals surface area contributed by atoms with Gasteiger partial charge < -0.3 is 4.74 Å². The normalized spacial score (nSPS) is 10.4. The molecule has 1 aromatic heterocycles. The molecule has 22 heavy (non-hydrogen) atoms. The average Bonchev–Trinajstić information content (AvgIpc) is 3.03. The summed E-state index contributed by atoms with van der Waals surface area (Å²) >= 11 is 1.67. The van der Waals surface area contributed by atoms with Crippen molar-refractivity contribution in [2.45, 2.75) is 45.4 Å². The fourth-order valence-corrected chi connectivity index (χ4v) is 3.20. The predicted molar refractivity (Wildman–Crippen MR) is 93.3 cm³/mol. The first-order valence-corrected chi connectivity index (χ1v) is 8.88. The Hall–Kier alpha value is -1.79. The zero-order chi connectivity index (χ0) is 15.6. The minimum atomic E-state index is 0.694. The first kappa shape index (κ1) is 16.6. The number of rotatable bonds is 9. The van der Waals surface area contributed by atoms with E-state index in [0.29, 0.717) is 5.56 Å². The number of thiophene rings is 1. The molecule has 0 spiro atoms. The van der Waals surface area contributed by atoms with Crippen LogP contribution in [0.4, 0.5) is 0 Å². The van der Waals surface area contributed by atoms with Crippen molar-refractivity contribution in [3.63, 3.8) is 0 Å². The van der Waals surface area contributed by atoms with Crippen LogP contribution in [0.5, 0.6) is 5.06 Å². The standard InChI is InChI=1S/C19H23NOS/c1-2-3-4-5-6-7-14-21-19-13-12-18(22-19)17-10-8-16(15-20)9-11-17/h8-13H,2-7,14H2,1H3. The fraction of sp³-hybridized carbons (Fsp3) is 0.421. The van der Waals surface area contributed by atoms with E-state index in [4.69, 9.17) is 10.00 Å². The average molecular weight is 313 g/mol. The zero-order valence-corrected chi connectivity index (χ0v) is 14.0. The quantitative estimate of drug-likeness (QED) is 0.530. The van der Waals surface area contributed by atoms with E-state index < -0.39 is 0 Å². The van der Waals surface area contributed by atoms with Gasteiger partial charge >= 0.3 is 0 Å². The fourth-order valence-electron chi connectivity index (χ4n) is 2.32. The molecule has 0 saturated heterocycles. The molecule has 0 saturated carbocycles. The van der Waals surface area contributed by atoms with Gasteiger partial charge in [-0.1, -0.05) is 62.5 Å². The van der Waals surface area contributed by atoms with Crippen LogP contribution in [0.25, 0.3) is 10.4 Å². The molecule has 0 atom stereocenters. The Kier molecular flexibility index (Phi) is 6.99. The summed E-state index contributed by atoms with van der Waals surface area (Å²) in [5.41, 5.74) is 1.83. The molecule has 0 N–H and O–H groups in total. The highest BCUT2D eigenvalue weighted by atomic mass is 32.1. The highest BCUT2D eigenvalue weighted by Crippen LogP contribution is 2.33. The third kappa shape index (κ3) is 5.20. The van der Waals surface area contributed by atoms with Gasteiger partial charge in [0.05, 0.1) is 18.2 Å². The first-order chi connectivity index (χ1) is 10.8. The molecular formula is C19H23NOS. The molecule has 0 amide bonds. The van der Waals surface area contributed by atoms with Crippen LogP contribution in [0.2, 0.25) is 0 Å². The van der Waals surface area contributed by atoms with Crippen molar-refractivity contribution in [3.05, 3.63) is 42.0 Å². The van der Waals surface area contributed by atoms with Gasteiger partial charge in [-0.05, 0) is 36.2 Å². The Balaban J connectivity index is 1.75. The van der Waals surface area contributed by atoms with Crippen LogP contribution in [-0.4, -0.2) is 6.61 Å². The molecule has 0 fully saturated rings. The molecule has 2 rings (SSSR count). The SMILES string of the molecule is CCCCCCCCOc1ccc(-c2ccc(C#N)cc2)s1. The summed E-state index contributed by atoms with van der Waals surface area (Å²) in [6.45, 7) is 3.05. The minimum absolute atomic E-state index is 0.694. The minimum Gasteiger partial charge on any atom is -0.484 e. The topological polar surface area (TPSA) is 33.0 Å². The van der Waals surface area contributed by atoms with Crippen molar-refractivity contribution < 1.29 is 4.74 Å². The van der Waals surface area contributed by atoms with Crippen LogP contribution in [0.1, 0.15) is 51.0 Å². The van der Waals surface area contributed by atoms with Crippen molar-refractivity contribution in [2.75, 3.05) is 6.61 Å². The molecule has 0 aliphatic carbocycles. The second-order valence-electron chi connectivity index (χ2n) is 5.42. The van der Waals surface area contributed by atoms with E-state index >= 15 is 0 Å². The van der Waals surface area contributed by atoms with Crippen molar-refractivity contribution in [1.82, 2.24) is 0 Å². The number of nitriles is 1. The molecule has 0 bridgehead atoms. The Morgan fingerprint density at radius 3 is 2.41 bits per heavy atom. The number of hydrogen-bond donors (Lipinski definition) is 0. The third-order valence-electron chi connectivity index (χ3n) is 3.62. The van der Waals surface area contributed by atoms with Gasteiger partial charge in [0.15, 0.2) is 5.06 Å². The molecular weight excluding hydrogens is 290 g/mol. The smallest absolute Gasteiger partial charge is 0.174 e. The highest BCUT2D eigenvalue weighted by Gasteiger charge is 2.04. The molecule has 3 heteroatoms. The number of ether oxygens (including phenoxy) is 1.